The highest BCUT2D eigenvalue weighted by Crippen LogP contribution is 2.42. The fourth-order valence-electron chi connectivity index (χ4n) is 10.7. The summed E-state index contributed by atoms with van der Waals surface area (Å²) in [6.45, 7) is 0. The molecule has 0 amide bonds. The summed E-state index contributed by atoms with van der Waals surface area (Å²) in [5.41, 5.74) is 9.35. The van der Waals surface area contributed by atoms with Gasteiger partial charge in [-0.25, -0.2) is 15.0 Å². The van der Waals surface area contributed by atoms with Crippen molar-refractivity contribution in [2.45, 2.75) is 0 Å². The summed E-state index contributed by atoms with van der Waals surface area (Å²) >= 11 is 0. The average Bonchev–Trinajstić information content (AvgIpc) is 4.06. The van der Waals surface area contributed by atoms with E-state index in [9.17, 15) is 0 Å². The van der Waals surface area contributed by atoms with Crippen LogP contribution in [0.25, 0.3) is 149 Å². The Labute approximate surface area is 381 Å². The number of benzene rings is 11. The molecule has 67 heavy (non-hydrogen) atoms. The minimum absolute atomic E-state index is 0.561. The van der Waals surface area contributed by atoms with E-state index in [0.29, 0.717) is 17.5 Å². The molecule has 0 aliphatic heterocycles. The van der Waals surface area contributed by atoms with Crippen molar-refractivity contribution in [2.24, 2.45) is 0 Å². The third-order valence-electron chi connectivity index (χ3n) is 13.8. The van der Waals surface area contributed by atoms with Gasteiger partial charge in [0.25, 0.3) is 0 Å². The molecule has 0 unspecified atom stereocenters. The Morgan fingerprint density at radius 3 is 1.78 bits per heavy atom. The van der Waals surface area contributed by atoms with E-state index in [-0.39, 0.29) is 0 Å². The van der Waals surface area contributed by atoms with Gasteiger partial charge in [-0.3, -0.25) is 0 Å². The van der Waals surface area contributed by atoms with E-state index < -0.39 is 0 Å². The van der Waals surface area contributed by atoms with Gasteiger partial charge in [0.15, 0.2) is 17.5 Å². The van der Waals surface area contributed by atoms with E-state index in [1.165, 1.54) is 43.4 Å². The Morgan fingerprint density at radius 2 is 0.910 bits per heavy atom. The van der Waals surface area contributed by atoms with Crippen LogP contribution < -0.4 is 0 Å². The van der Waals surface area contributed by atoms with Gasteiger partial charge < -0.3 is 13.4 Å². The van der Waals surface area contributed by atoms with Gasteiger partial charge in [-0.15, -0.1) is 0 Å². The SMILES string of the molecule is c1ccc2cc3c(cc2c1)c1c2ccccc2ccc1n3-c1ccc2ccc3oc4cc(-c5nc(-c6ccc7oc8ccccc8c7c6)nc(-c6cccc7ccccc67)n5)ccc4c3c2c1. The first-order chi connectivity index (χ1) is 33.2. The van der Waals surface area contributed by atoms with Crippen molar-refractivity contribution in [1.82, 2.24) is 19.5 Å². The first-order valence-corrected chi connectivity index (χ1v) is 22.6. The van der Waals surface area contributed by atoms with Gasteiger partial charge in [0.2, 0.25) is 0 Å². The largest absolute Gasteiger partial charge is 0.456 e. The van der Waals surface area contributed by atoms with Crippen molar-refractivity contribution in [3.63, 3.8) is 0 Å². The number of para-hydroxylation sites is 1. The molecule has 0 spiro atoms. The van der Waals surface area contributed by atoms with E-state index >= 15 is 0 Å². The minimum atomic E-state index is 0.561. The van der Waals surface area contributed by atoms with E-state index in [0.717, 1.165) is 87.8 Å². The molecule has 4 heterocycles. The van der Waals surface area contributed by atoms with Gasteiger partial charge in [0.05, 0.1) is 11.0 Å². The number of aromatic nitrogens is 4. The summed E-state index contributed by atoms with van der Waals surface area (Å²) < 4.78 is 15.4. The standard InChI is InChI=1S/C61H34N4O2/c1-2-13-39-32-52-50(30-38(39)12-1)57-44-16-6-4-11-36(44)22-27-51(57)65(52)42-25-20-37-23-29-55-58(48(37)34-42)47-26-21-41(33-56(47)67-55)60-62-59(40-24-28-54-49(31-40)45-17-7-8-19-53(45)66-54)63-61(64-60)46-18-9-14-35-10-3-5-15-43(35)46/h1-34H. The third-order valence-corrected chi connectivity index (χ3v) is 13.8. The lowest BCUT2D eigenvalue weighted by atomic mass is 10.0. The highest BCUT2D eigenvalue weighted by atomic mass is 16.3. The van der Waals surface area contributed by atoms with E-state index in [1.807, 2.05) is 30.3 Å². The molecule has 0 fully saturated rings. The predicted molar refractivity (Wildman–Crippen MR) is 275 cm³/mol. The van der Waals surface area contributed by atoms with Gasteiger partial charge in [-0.1, -0.05) is 133 Å². The van der Waals surface area contributed by atoms with Crippen molar-refractivity contribution >= 4 is 109 Å². The number of furan rings is 2. The number of fused-ring (bicyclic) bond motifs is 15. The molecule has 6 nitrogen and oxygen atoms in total. The van der Waals surface area contributed by atoms with Crippen LogP contribution in [0.4, 0.5) is 0 Å². The van der Waals surface area contributed by atoms with Crippen LogP contribution in [0, 0.1) is 0 Å². The quantitative estimate of drug-likeness (QED) is 0.176. The molecule has 0 aliphatic rings. The fourth-order valence-corrected chi connectivity index (χ4v) is 10.7. The molecule has 310 valence electrons. The van der Waals surface area contributed by atoms with Gasteiger partial charge in [0.1, 0.15) is 22.3 Å². The number of hydrogen-bond acceptors (Lipinski definition) is 5. The molecule has 6 heteroatoms. The summed E-state index contributed by atoms with van der Waals surface area (Å²) in [4.78, 5) is 15.6. The molecular weight excluding hydrogens is 821 g/mol. The molecule has 15 rings (SSSR count). The lowest BCUT2D eigenvalue weighted by molar-refractivity contribution is 0.668. The summed E-state index contributed by atoms with van der Waals surface area (Å²) in [5.74, 6) is 1.74. The average molecular weight is 855 g/mol. The highest BCUT2D eigenvalue weighted by Gasteiger charge is 2.20. The lowest BCUT2D eigenvalue weighted by Gasteiger charge is -2.11. The van der Waals surface area contributed by atoms with Crippen LogP contribution in [0.1, 0.15) is 0 Å². The Kier molecular flexibility index (Phi) is 7.40. The molecule has 4 aromatic heterocycles. The van der Waals surface area contributed by atoms with Crippen molar-refractivity contribution in [2.75, 3.05) is 0 Å². The zero-order valence-electron chi connectivity index (χ0n) is 35.7. The second-order valence-electron chi connectivity index (χ2n) is 17.5. The topological polar surface area (TPSA) is 69.9 Å². The maximum Gasteiger partial charge on any atom is 0.164 e. The molecule has 15 aromatic rings. The third kappa shape index (κ3) is 5.41. The molecule has 11 aromatic carbocycles. The highest BCUT2D eigenvalue weighted by molar-refractivity contribution is 6.24. The van der Waals surface area contributed by atoms with Crippen molar-refractivity contribution in [3.05, 3.63) is 206 Å². The number of nitrogens with zero attached hydrogens (tertiary/aromatic N) is 4. The maximum atomic E-state index is 6.77. The van der Waals surface area contributed by atoms with Crippen LogP contribution in [0.5, 0.6) is 0 Å². The predicted octanol–water partition coefficient (Wildman–Crippen LogP) is 16.4. The van der Waals surface area contributed by atoms with Crippen molar-refractivity contribution in [1.29, 1.82) is 0 Å². The Hall–Kier alpha value is -9.13. The van der Waals surface area contributed by atoms with Gasteiger partial charge in [-0.2, -0.15) is 0 Å². The number of hydrogen-bond donors (Lipinski definition) is 0. The normalized spacial score (nSPS) is 12.2. The Bertz CT molecular complexity index is 4590. The monoisotopic (exact) mass is 854 g/mol. The molecule has 0 radical (unpaired) electrons. The molecule has 0 atom stereocenters. The molecule has 0 N–H and O–H groups in total. The zero-order chi connectivity index (χ0) is 43.7. The maximum absolute atomic E-state index is 6.77. The fraction of sp³-hybridized carbons (Fsp3) is 0. The smallest absolute Gasteiger partial charge is 0.164 e. The summed E-state index contributed by atoms with van der Waals surface area (Å²) in [5, 5.41) is 16.1. The van der Waals surface area contributed by atoms with Crippen molar-refractivity contribution in [3.8, 4) is 39.9 Å². The Balaban J connectivity index is 0.922. The van der Waals surface area contributed by atoms with Crippen LogP contribution in [-0.4, -0.2) is 19.5 Å². The first kappa shape index (κ1) is 36.2. The van der Waals surface area contributed by atoms with E-state index in [2.05, 4.69) is 180 Å². The van der Waals surface area contributed by atoms with Crippen LogP contribution in [0.2, 0.25) is 0 Å². The minimum Gasteiger partial charge on any atom is -0.456 e. The van der Waals surface area contributed by atoms with Crippen LogP contribution in [0.3, 0.4) is 0 Å². The van der Waals surface area contributed by atoms with Crippen LogP contribution >= 0.6 is 0 Å². The van der Waals surface area contributed by atoms with Crippen molar-refractivity contribution < 1.29 is 8.83 Å². The second-order valence-corrected chi connectivity index (χ2v) is 17.5. The molecular formula is C61H34N4O2. The second kappa shape index (κ2) is 13.7. The van der Waals surface area contributed by atoms with Gasteiger partial charge >= 0.3 is 0 Å². The van der Waals surface area contributed by atoms with E-state index in [4.69, 9.17) is 23.8 Å². The molecule has 0 saturated heterocycles. The van der Waals surface area contributed by atoms with Crippen LogP contribution in [-0.2, 0) is 0 Å². The summed E-state index contributed by atoms with van der Waals surface area (Å²) in [6, 6.07) is 72.9. The zero-order valence-corrected chi connectivity index (χ0v) is 35.7. The molecule has 0 aliphatic carbocycles. The summed E-state index contributed by atoms with van der Waals surface area (Å²) in [6.07, 6.45) is 0. The van der Waals surface area contributed by atoms with E-state index in [1.54, 1.807) is 0 Å². The first-order valence-electron chi connectivity index (χ1n) is 22.6. The molecule has 0 saturated carbocycles. The molecule has 0 bridgehead atoms. The Morgan fingerprint density at radius 1 is 0.299 bits per heavy atom. The van der Waals surface area contributed by atoms with Gasteiger partial charge in [0, 0.05) is 54.7 Å². The number of rotatable bonds is 4. The van der Waals surface area contributed by atoms with Crippen LogP contribution in [0.15, 0.2) is 215 Å². The van der Waals surface area contributed by atoms with Gasteiger partial charge in [-0.05, 0) is 116 Å². The summed E-state index contributed by atoms with van der Waals surface area (Å²) in [7, 11) is 0. The lowest BCUT2D eigenvalue weighted by Crippen LogP contribution is -2.00.